The molecule has 2 atom stereocenters. The Morgan fingerprint density at radius 3 is 2.73 bits per heavy atom. The molecule has 2 unspecified atom stereocenters. The van der Waals surface area contributed by atoms with Crippen LogP contribution in [0.3, 0.4) is 0 Å². The summed E-state index contributed by atoms with van der Waals surface area (Å²) < 4.78 is 0. The molecule has 0 aromatic heterocycles. The summed E-state index contributed by atoms with van der Waals surface area (Å²) in [6.45, 7) is 4.26. The molecule has 0 bridgehead atoms. The summed E-state index contributed by atoms with van der Waals surface area (Å²) in [4.78, 5) is 1.33. The summed E-state index contributed by atoms with van der Waals surface area (Å²) in [6.07, 6.45) is 3.20. The summed E-state index contributed by atoms with van der Waals surface area (Å²) in [5.74, 6) is 0. The van der Waals surface area contributed by atoms with E-state index in [1.807, 2.05) is 11.8 Å². The largest absolute Gasteiger partial charge is 0.392 e. The van der Waals surface area contributed by atoms with Crippen LogP contribution in [0.25, 0.3) is 0 Å². The van der Waals surface area contributed by atoms with Crippen LogP contribution in [0.5, 0.6) is 0 Å². The van der Waals surface area contributed by atoms with Gasteiger partial charge in [0.1, 0.15) is 0 Å². The van der Waals surface area contributed by atoms with Crippen LogP contribution in [0.4, 0.5) is 0 Å². The highest BCUT2D eigenvalue weighted by Gasteiger charge is 2.26. The van der Waals surface area contributed by atoms with Gasteiger partial charge < -0.3 is 5.11 Å². The zero-order chi connectivity index (χ0) is 10.8. The highest BCUT2D eigenvalue weighted by Crippen LogP contribution is 2.36. The van der Waals surface area contributed by atoms with E-state index in [1.165, 1.54) is 22.4 Å². The number of hydrogen-bond donors (Lipinski definition) is 1. The molecule has 1 aliphatic carbocycles. The van der Waals surface area contributed by atoms with E-state index >= 15 is 0 Å². The number of aliphatic hydroxyl groups excluding tert-OH is 1. The lowest BCUT2D eigenvalue weighted by Crippen LogP contribution is -2.15. The van der Waals surface area contributed by atoms with Crippen molar-refractivity contribution < 1.29 is 5.11 Å². The SMILES string of the molecule is Cc1ccc(C)c(SC2CCCC2O)c1. The van der Waals surface area contributed by atoms with Crippen molar-refractivity contribution in [1.29, 1.82) is 0 Å². The molecule has 0 heterocycles. The Kier molecular flexibility index (Phi) is 3.37. The lowest BCUT2D eigenvalue weighted by atomic mass is 10.2. The third kappa shape index (κ3) is 2.56. The van der Waals surface area contributed by atoms with Gasteiger partial charge in [-0.3, -0.25) is 0 Å². The second kappa shape index (κ2) is 4.58. The number of rotatable bonds is 2. The number of benzene rings is 1. The Morgan fingerprint density at radius 1 is 1.27 bits per heavy atom. The Labute approximate surface area is 95.9 Å². The van der Waals surface area contributed by atoms with Crippen LogP contribution in [-0.2, 0) is 0 Å². The second-order valence-corrected chi connectivity index (χ2v) is 5.70. The fourth-order valence-electron chi connectivity index (χ4n) is 2.04. The Hall–Kier alpha value is -0.470. The average Bonchev–Trinajstić information content (AvgIpc) is 2.58. The molecule has 0 saturated heterocycles. The van der Waals surface area contributed by atoms with Crippen molar-refractivity contribution in [3.8, 4) is 0 Å². The van der Waals surface area contributed by atoms with Gasteiger partial charge >= 0.3 is 0 Å². The van der Waals surface area contributed by atoms with E-state index in [2.05, 4.69) is 32.0 Å². The van der Waals surface area contributed by atoms with Gasteiger partial charge in [0.25, 0.3) is 0 Å². The lowest BCUT2D eigenvalue weighted by Gasteiger charge is -2.15. The summed E-state index contributed by atoms with van der Waals surface area (Å²) in [6, 6.07) is 6.54. The van der Waals surface area contributed by atoms with Crippen molar-refractivity contribution in [1.82, 2.24) is 0 Å². The third-order valence-corrected chi connectivity index (χ3v) is 4.59. The number of hydrogen-bond acceptors (Lipinski definition) is 2. The Bertz CT molecular complexity index is 348. The van der Waals surface area contributed by atoms with Gasteiger partial charge in [0.15, 0.2) is 0 Å². The quantitative estimate of drug-likeness (QED) is 0.828. The van der Waals surface area contributed by atoms with Crippen molar-refractivity contribution in [2.45, 2.75) is 49.4 Å². The molecule has 1 fully saturated rings. The molecule has 2 rings (SSSR count). The molecule has 1 saturated carbocycles. The van der Waals surface area contributed by atoms with Crippen molar-refractivity contribution in [3.63, 3.8) is 0 Å². The molecular formula is C13H18OS. The van der Waals surface area contributed by atoms with Gasteiger partial charge in [-0.15, -0.1) is 11.8 Å². The number of thioether (sulfide) groups is 1. The van der Waals surface area contributed by atoms with Crippen LogP contribution < -0.4 is 0 Å². The molecule has 0 radical (unpaired) electrons. The van der Waals surface area contributed by atoms with Crippen LogP contribution >= 0.6 is 11.8 Å². The minimum Gasteiger partial charge on any atom is -0.392 e. The molecule has 1 aromatic carbocycles. The minimum atomic E-state index is -0.102. The monoisotopic (exact) mass is 222 g/mol. The first-order chi connectivity index (χ1) is 7.16. The topological polar surface area (TPSA) is 20.2 Å². The Morgan fingerprint density at radius 2 is 2.07 bits per heavy atom. The second-order valence-electron chi connectivity index (χ2n) is 4.42. The van der Waals surface area contributed by atoms with Crippen LogP contribution in [0.2, 0.25) is 0 Å². The van der Waals surface area contributed by atoms with E-state index in [0.29, 0.717) is 5.25 Å². The summed E-state index contributed by atoms with van der Waals surface area (Å²) in [5.41, 5.74) is 2.63. The lowest BCUT2D eigenvalue weighted by molar-refractivity contribution is 0.188. The molecule has 1 aliphatic rings. The highest BCUT2D eigenvalue weighted by molar-refractivity contribution is 8.00. The maximum atomic E-state index is 9.79. The zero-order valence-electron chi connectivity index (χ0n) is 9.36. The van der Waals surface area contributed by atoms with Crippen LogP contribution in [0.15, 0.2) is 23.1 Å². The smallest absolute Gasteiger partial charge is 0.0662 e. The van der Waals surface area contributed by atoms with Crippen LogP contribution in [-0.4, -0.2) is 16.5 Å². The fourth-order valence-corrected chi connectivity index (χ4v) is 3.45. The van der Waals surface area contributed by atoms with Crippen molar-refractivity contribution in [2.75, 3.05) is 0 Å². The normalized spacial score (nSPS) is 25.8. The van der Waals surface area contributed by atoms with E-state index in [1.54, 1.807) is 0 Å². The fraction of sp³-hybridized carbons (Fsp3) is 0.538. The summed E-state index contributed by atoms with van der Waals surface area (Å²) >= 11 is 1.85. The van der Waals surface area contributed by atoms with Gasteiger partial charge in [0.05, 0.1) is 6.10 Å². The van der Waals surface area contributed by atoms with Crippen LogP contribution in [0, 0.1) is 13.8 Å². The molecule has 1 aromatic rings. The van der Waals surface area contributed by atoms with Crippen LogP contribution in [0.1, 0.15) is 30.4 Å². The predicted molar refractivity (Wildman–Crippen MR) is 65.4 cm³/mol. The zero-order valence-corrected chi connectivity index (χ0v) is 10.2. The molecule has 0 amide bonds. The third-order valence-electron chi connectivity index (χ3n) is 3.04. The first-order valence-corrected chi connectivity index (χ1v) is 6.47. The first kappa shape index (κ1) is 11.0. The minimum absolute atomic E-state index is 0.102. The molecule has 2 heteroatoms. The maximum Gasteiger partial charge on any atom is 0.0662 e. The van der Waals surface area contributed by atoms with Crippen molar-refractivity contribution in [3.05, 3.63) is 29.3 Å². The number of aryl methyl sites for hydroxylation is 2. The maximum absolute atomic E-state index is 9.79. The molecular weight excluding hydrogens is 204 g/mol. The van der Waals surface area contributed by atoms with E-state index < -0.39 is 0 Å². The van der Waals surface area contributed by atoms with Gasteiger partial charge in [0.2, 0.25) is 0 Å². The molecule has 0 spiro atoms. The Balaban J connectivity index is 2.12. The van der Waals surface area contributed by atoms with E-state index in [-0.39, 0.29) is 6.10 Å². The van der Waals surface area contributed by atoms with Gasteiger partial charge in [-0.1, -0.05) is 17.7 Å². The summed E-state index contributed by atoms with van der Waals surface area (Å²) in [5, 5.41) is 10.2. The number of aliphatic hydroxyl groups is 1. The standard InChI is InChI=1S/C13H18OS/c1-9-6-7-10(2)13(8-9)15-12-5-3-4-11(12)14/h6-8,11-12,14H,3-5H2,1-2H3. The van der Waals surface area contributed by atoms with E-state index in [4.69, 9.17) is 0 Å². The van der Waals surface area contributed by atoms with Gasteiger partial charge in [-0.2, -0.15) is 0 Å². The van der Waals surface area contributed by atoms with Crippen molar-refractivity contribution in [2.24, 2.45) is 0 Å². The predicted octanol–water partition coefficient (Wildman–Crippen LogP) is 3.31. The first-order valence-electron chi connectivity index (χ1n) is 5.59. The molecule has 82 valence electrons. The van der Waals surface area contributed by atoms with E-state index in [9.17, 15) is 5.11 Å². The molecule has 15 heavy (non-hydrogen) atoms. The van der Waals surface area contributed by atoms with Gasteiger partial charge in [0, 0.05) is 10.1 Å². The van der Waals surface area contributed by atoms with E-state index in [0.717, 1.165) is 12.8 Å². The summed E-state index contributed by atoms with van der Waals surface area (Å²) in [7, 11) is 0. The molecule has 0 aliphatic heterocycles. The highest BCUT2D eigenvalue weighted by atomic mass is 32.2. The van der Waals surface area contributed by atoms with Crippen molar-refractivity contribution >= 4 is 11.8 Å². The van der Waals surface area contributed by atoms with Gasteiger partial charge in [-0.05, 0) is 44.7 Å². The average molecular weight is 222 g/mol. The molecule has 1 N–H and O–H groups in total. The molecule has 1 nitrogen and oxygen atoms in total. The van der Waals surface area contributed by atoms with Gasteiger partial charge in [-0.25, -0.2) is 0 Å².